The van der Waals surface area contributed by atoms with Crippen LogP contribution in [0.2, 0.25) is 0 Å². The zero-order valence-electron chi connectivity index (χ0n) is 16.2. The second-order valence-electron chi connectivity index (χ2n) is 6.81. The number of carbonyl (C=O) groups is 1. The molecule has 0 radical (unpaired) electrons. The van der Waals surface area contributed by atoms with E-state index in [1.807, 2.05) is 24.3 Å². The number of hydrogen-bond donors (Lipinski definition) is 1. The van der Waals surface area contributed by atoms with Gasteiger partial charge < -0.3 is 19.3 Å². The molecule has 0 spiro atoms. The first-order chi connectivity index (χ1) is 13.7. The Hall–Kier alpha value is -2.57. The largest absolute Gasteiger partial charge is 0.497 e. The molecule has 0 amide bonds. The SMILES string of the molecule is COc1ccc(C(Cc2ccc(OCCN3CCOCC3)cc2)C(=O)O)cc1. The summed E-state index contributed by atoms with van der Waals surface area (Å²) < 4.78 is 16.3. The number of aliphatic carboxylic acids is 1. The van der Waals surface area contributed by atoms with E-state index >= 15 is 0 Å². The number of rotatable bonds is 9. The highest BCUT2D eigenvalue weighted by Gasteiger charge is 2.20. The maximum absolute atomic E-state index is 11.7. The van der Waals surface area contributed by atoms with Gasteiger partial charge >= 0.3 is 5.97 Å². The van der Waals surface area contributed by atoms with Crippen molar-refractivity contribution in [2.24, 2.45) is 0 Å². The number of methoxy groups -OCH3 is 1. The molecule has 2 aromatic rings. The minimum Gasteiger partial charge on any atom is -0.497 e. The van der Waals surface area contributed by atoms with Crippen LogP contribution in [-0.2, 0) is 16.0 Å². The summed E-state index contributed by atoms with van der Waals surface area (Å²) >= 11 is 0. The molecule has 0 aromatic heterocycles. The van der Waals surface area contributed by atoms with E-state index < -0.39 is 11.9 Å². The van der Waals surface area contributed by atoms with Crippen molar-refractivity contribution < 1.29 is 24.1 Å². The number of ether oxygens (including phenoxy) is 3. The van der Waals surface area contributed by atoms with Gasteiger partial charge in [0.1, 0.15) is 18.1 Å². The van der Waals surface area contributed by atoms with Crippen LogP contribution < -0.4 is 9.47 Å². The van der Waals surface area contributed by atoms with Gasteiger partial charge in [0, 0.05) is 19.6 Å². The lowest BCUT2D eigenvalue weighted by molar-refractivity contribution is -0.138. The Balaban J connectivity index is 1.54. The summed E-state index contributed by atoms with van der Waals surface area (Å²) in [5.41, 5.74) is 1.72. The molecule has 0 aliphatic carbocycles. The monoisotopic (exact) mass is 385 g/mol. The van der Waals surface area contributed by atoms with Crippen LogP contribution in [0.1, 0.15) is 17.0 Å². The van der Waals surface area contributed by atoms with Gasteiger partial charge in [-0.15, -0.1) is 0 Å². The first-order valence-corrected chi connectivity index (χ1v) is 9.54. The lowest BCUT2D eigenvalue weighted by atomic mass is 9.92. The van der Waals surface area contributed by atoms with Gasteiger partial charge in [0.15, 0.2) is 0 Å². The van der Waals surface area contributed by atoms with E-state index in [-0.39, 0.29) is 0 Å². The maximum atomic E-state index is 11.7. The van der Waals surface area contributed by atoms with Gasteiger partial charge in [-0.1, -0.05) is 24.3 Å². The predicted octanol–water partition coefficient (Wildman–Crippen LogP) is 2.82. The van der Waals surface area contributed by atoms with Crippen molar-refractivity contribution in [3.8, 4) is 11.5 Å². The number of hydrogen-bond acceptors (Lipinski definition) is 5. The molecule has 1 N–H and O–H groups in total. The van der Waals surface area contributed by atoms with Crippen molar-refractivity contribution in [1.29, 1.82) is 0 Å². The second-order valence-corrected chi connectivity index (χ2v) is 6.81. The van der Waals surface area contributed by atoms with Crippen molar-refractivity contribution in [3.05, 3.63) is 59.7 Å². The Morgan fingerprint density at radius 3 is 2.32 bits per heavy atom. The highest BCUT2D eigenvalue weighted by Crippen LogP contribution is 2.25. The van der Waals surface area contributed by atoms with E-state index in [0.29, 0.717) is 18.8 Å². The third-order valence-corrected chi connectivity index (χ3v) is 4.96. The molecule has 150 valence electrons. The van der Waals surface area contributed by atoms with Crippen LogP contribution >= 0.6 is 0 Å². The first kappa shape index (κ1) is 20.2. The van der Waals surface area contributed by atoms with Gasteiger partial charge in [0.2, 0.25) is 0 Å². The topological polar surface area (TPSA) is 68.2 Å². The molecule has 28 heavy (non-hydrogen) atoms. The number of carboxylic acid groups (broad SMARTS) is 1. The third kappa shape index (κ3) is 5.71. The van der Waals surface area contributed by atoms with Crippen LogP contribution in [-0.4, -0.2) is 62.5 Å². The highest BCUT2D eigenvalue weighted by atomic mass is 16.5. The molecule has 1 aliphatic rings. The molecule has 1 unspecified atom stereocenters. The summed E-state index contributed by atoms with van der Waals surface area (Å²) in [6, 6.07) is 14.9. The van der Waals surface area contributed by atoms with Crippen LogP contribution in [0.25, 0.3) is 0 Å². The Kier molecular flexibility index (Phi) is 7.28. The van der Waals surface area contributed by atoms with Crippen molar-refractivity contribution in [1.82, 2.24) is 4.90 Å². The Morgan fingerprint density at radius 1 is 1.07 bits per heavy atom. The lowest BCUT2D eigenvalue weighted by Gasteiger charge is -2.26. The molecule has 1 fully saturated rings. The van der Waals surface area contributed by atoms with Gasteiger partial charge in [-0.3, -0.25) is 9.69 Å². The van der Waals surface area contributed by atoms with Gasteiger partial charge in [0.05, 0.1) is 26.2 Å². The fraction of sp³-hybridized carbons (Fsp3) is 0.409. The van der Waals surface area contributed by atoms with Gasteiger partial charge in [0.25, 0.3) is 0 Å². The average molecular weight is 385 g/mol. The standard InChI is InChI=1S/C22H27NO5/c1-26-19-8-4-18(5-9-19)21(22(24)25)16-17-2-6-20(7-3-17)28-15-12-23-10-13-27-14-11-23/h2-9,21H,10-16H2,1H3,(H,24,25). The fourth-order valence-electron chi connectivity index (χ4n) is 3.26. The molecular weight excluding hydrogens is 358 g/mol. The van der Waals surface area contributed by atoms with Crippen molar-refractivity contribution in [2.75, 3.05) is 46.6 Å². The summed E-state index contributed by atoms with van der Waals surface area (Å²) in [7, 11) is 1.59. The molecule has 1 heterocycles. The van der Waals surface area contributed by atoms with E-state index in [9.17, 15) is 9.90 Å². The highest BCUT2D eigenvalue weighted by molar-refractivity contribution is 5.76. The van der Waals surface area contributed by atoms with Gasteiger partial charge in [-0.25, -0.2) is 0 Å². The van der Waals surface area contributed by atoms with E-state index in [2.05, 4.69) is 4.90 Å². The minimum atomic E-state index is -0.837. The van der Waals surface area contributed by atoms with Crippen LogP contribution in [0.5, 0.6) is 11.5 Å². The van der Waals surface area contributed by atoms with Crippen molar-refractivity contribution in [2.45, 2.75) is 12.3 Å². The smallest absolute Gasteiger partial charge is 0.311 e. The summed E-state index contributed by atoms with van der Waals surface area (Å²) in [5.74, 6) is 0.0785. The van der Waals surface area contributed by atoms with Crippen LogP contribution in [0, 0.1) is 0 Å². The Labute approximate surface area is 165 Å². The normalized spacial score (nSPS) is 15.8. The van der Waals surface area contributed by atoms with Crippen LogP contribution in [0.15, 0.2) is 48.5 Å². The maximum Gasteiger partial charge on any atom is 0.311 e. The van der Waals surface area contributed by atoms with Crippen molar-refractivity contribution >= 4 is 5.97 Å². The molecule has 6 nitrogen and oxygen atoms in total. The summed E-state index contributed by atoms with van der Waals surface area (Å²) in [5, 5.41) is 9.64. The lowest BCUT2D eigenvalue weighted by Crippen LogP contribution is -2.38. The number of benzene rings is 2. The minimum absolute atomic E-state index is 0.426. The zero-order valence-corrected chi connectivity index (χ0v) is 16.2. The van der Waals surface area contributed by atoms with E-state index in [4.69, 9.17) is 14.2 Å². The quantitative estimate of drug-likeness (QED) is 0.716. The Morgan fingerprint density at radius 2 is 1.71 bits per heavy atom. The zero-order chi connectivity index (χ0) is 19.8. The first-order valence-electron chi connectivity index (χ1n) is 9.54. The molecule has 6 heteroatoms. The molecule has 1 saturated heterocycles. The molecule has 2 aromatic carbocycles. The average Bonchev–Trinajstić information content (AvgIpc) is 2.74. The summed E-state index contributed by atoms with van der Waals surface area (Å²) in [6.07, 6.45) is 0.426. The number of morpholine rings is 1. The molecular formula is C22H27NO5. The second kappa shape index (κ2) is 10.1. The Bertz CT molecular complexity index is 739. The summed E-state index contributed by atoms with van der Waals surface area (Å²) in [6.45, 7) is 4.97. The van der Waals surface area contributed by atoms with Gasteiger partial charge in [-0.2, -0.15) is 0 Å². The van der Waals surface area contributed by atoms with E-state index in [1.165, 1.54) is 0 Å². The van der Waals surface area contributed by atoms with E-state index in [1.54, 1.807) is 31.4 Å². The summed E-state index contributed by atoms with van der Waals surface area (Å²) in [4.78, 5) is 14.1. The third-order valence-electron chi connectivity index (χ3n) is 4.96. The molecule has 0 saturated carbocycles. The van der Waals surface area contributed by atoms with Crippen LogP contribution in [0.4, 0.5) is 0 Å². The van der Waals surface area contributed by atoms with Crippen molar-refractivity contribution in [3.63, 3.8) is 0 Å². The van der Waals surface area contributed by atoms with E-state index in [0.717, 1.165) is 49.7 Å². The molecule has 0 bridgehead atoms. The number of nitrogens with zero attached hydrogens (tertiary/aromatic N) is 1. The molecule has 1 aliphatic heterocycles. The van der Waals surface area contributed by atoms with Gasteiger partial charge in [-0.05, 0) is 41.8 Å². The molecule has 3 rings (SSSR count). The predicted molar refractivity (Wildman–Crippen MR) is 106 cm³/mol. The molecule has 1 atom stereocenters. The van der Waals surface area contributed by atoms with Crippen LogP contribution in [0.3, 0.4) is 0 Å². The number of carboxylic acids is 1. The fourth-order valence-corrected chi connectivity index (χ4v) is 3.26.